The summed E-state index contributed by atoms with van der Waals surface area (Å²) in [4.78, 5) is 14.8. The minimum Gasteiger partial charge on any atom is -0.497 e. The molecule has 2 aliphatic heterocycles. The lowest BCUT2D eigenvalue weighted by molar-refractivity contribution is -0.126. The van der Waals surface area contributed by atoms with Crippen molar-refractivity contribution in [2.24, 2.45) is 0 Å². The summed E-state index contributed by atoms with van der Waals surface area (Å²) >= 11 is 0. The molecule has 156 valence electrons. The highest BCUT2D eigenvalue weighted by Gasteiger charge is 2.29. The number of hydrogen-bond donors (Lipinski definition) is 0. The standard InChI is InChI=1S/C26H23NO4/c1-29-21-10-8-19(9-11-21)25-22-16-27(24(28)12-7-18-5-3-2-4-6-18)14-13-20(22)15-23-26(25)31-17-30-23/h2-12,15H,13-14,16-17H2,1H3/b12-7+. The average Bonchev–Trinajstić information content (AvgIpc) is 3.29. The molecule has 3 aromatic rings. The zero-order valence-electron chi connectivity index (χ0n) is 17.3. The van der Waals surface area contributed by atoms with Gasteiger partial charge in [-0.15, -0.1) is 0 Å². The normalized spacial score (nSPS) is 14.5. The topological polar surface area (TPSA) is 48.0 Å². The number of benzene rings is 3. The van der Waals surface area contributed by atoms with Crippen molar-refractivity contribution in [3.05, 3.63) is 83.4 Å². The molecule has 2 heterocycles. The van der Waals surface area contributed by atoms with Gasteiger partial charge in [-0.2, -0.15) is 0 Å². The third-order valence-corrected chi connectivity index (χ3v) is 5.77. The lowest BCUT2D eigenvalue weighted by Crippen LogP contribution is -2.35. The molecule has 3 aromatic carbocycles. The van der Waals surface area contributed by atoms with Gasteiger partial charge in [0.15, 0.2) is 11.5 Å². The molecule has 0 radical (unpaired) electrons. The predicted molar refractivity (Wildman–Crippen MR) is 119 cm³/mol. The molecule has 0 saturated heterocycles. The van der Waals surface area contributed by atoms with E-state index in [2.05, 4.69) is 6.07 Å². The predicted octanol–water partition coefficient (Wildman–Crippen LogP) is 4.69. The second kappa shape index (κ2) is 8.19. The van der Waals surface area contributed by atoms with Crippen LogP contribution in [0.25, 0.3) is 17.2 Å². The summed E-state index contributed by atoms with van der Waals surface area (Å²) in [5.41, 5.74) is 5.34. The van der Waals surface area contributed by atoms with Gasteiger partial charge in [0.2, 0.25) is 12.7 Å². The Bertz CT molecular complexity index is 1140. The summed E-state index contributed by atoms with van der Waals surface area (Å²) in [5.74, 6) is 2.32. The maximum atomic E-state index is 12.9. The summed E-state index contributed by atoms with van der Waals surface area (Å²) in [7, 11) is 1.65. The molecule has 0 bridgehead atoms. The number of fused-ring (bicyclic) bond motifs is 2. The first kappa shape index (κ1) is 19.2. The van der Waals surface area contributed by atoms with Crippen LogP contribution in [0.3, 0.4) is 0 Å². The van der Waals surface area contributed by atoms with Gasteiger partial charge in [0.25, 0.3) is 0 Å². The van der Waals surface area contributed by atoms with E-state index < -0.39 is 0 Å². The van der Waals surface area contributed by atoms with Gasteiger partial charge in [0, 0.05) is 24.7 Å². The second-order valence-electron chi connectivity index (χ2n) is 7.61. The van der Waals surface area contributed by atoms with E-state index in [4.69, 9.17) is 14.2 Å². The fourth-order valence-corrected chi connectivity index (χ4v) is 4.15. The van der Waals surface area contributed by atoms with E-state index in [-0.39, 0.29) is 12.7 Å². The lowest BCUT2D eigenvalue weighted by atomic mass is 9.89. The monoisotopic (exact) mass is 413 g/mol. The molecule has 1 amide bonds. The van der Waals surface area contributed by atoms with Gasteiger partial charge in [-0.1, -0.05) is 42.5 Å². The molecule has 0 unspecified atom stereocenters. The van der Waals surface area contributed by atoms with E-state index in [0.717, 1.165) is 45.9 Å². The summed E-state index contributed by atoms with van der Waals surface area (Å²) in [6.45, 7) is 1.42. The van der Waals surface area contributed by atoms with Crippen LogP contribution >= 0.6 is 0 Å². The fraction of sp³-hybridized carbons (Fsp3) is 0.192. The minimum atomic E-state index is 0.00727. The van der Waals surface area contributed by atoms with E-state index in [1.165, 1.54) is 5.56 Å². The van der Waals surface area contributed by atoms with Crippen molar-refractivity contribution in [2.45, 2.75) is 13.0 Å². The zero-order valence-corrected chi connectivity index (χ0v) is 17.3. The van der Waals surface area contributed by atoms with Crippen molar-refractivity contribution in [1.29, 1.82) is 0 Å². The van der Waals surface area contributed by atoms with Gasteiger partial charge < -0.3 is 19.1 Å². The summed E-state index contributed by atoms with van der Waals surface area (Å²) in [6, 6.07) is 19.8. The Morgan fingerprint density at radius 2 is 1.87 bits per heavy atom. The molecule has 5 rings (SSSR count). The molecular formula is C26H23NO4. The van der Waals surface area contributed by atoms with E-state index in [1.807, 2.05) is 65.6 Å². The second-order valence-corrected chi connectivity index (χ2v) is 7.61. The van der Waals surface area contributed by atoms with Crippen LogP contribution in [0.15, 0.2) is 66.7 Å². The molecule has 2 aliphatic rings. The Balaban J connectivity index is 1.48. The van der Waals surface area contributed by atoms with Crippen molar-refractivity contribution >= 4 is 12.0 Å². The molecule has 0 atom stereocenters. The van der Waals surface area contributed by atoms with E-state index in [9.17, 15) is 4.79 Å². The van der Waals surface area contributed by atoms with Crippen LogP contribution in [0.1, 0.15) is 16.7 Å². The average molecular weight is 413 g/mol. The van der Waals surface area contributed by atoms with Crippen LogP contribution in [-0.2, 0) is 17.8 Å². The molecule has 0 aliphatic carbocycles. The highest BCUT2D eigenvalue weighted by Crippen LogP contribution is 2.47. The highest BCUT2D eigenvalue weighted by molar-refractivity contribution is 5.92. The van der Waals surface area contributed by atoms with Crippen LogP contribution in [0.2, 0.25) is 0 Å². The highest BCUT2D eigenvalue weighted by atomic mass is 16.7. The van der Waals surface area contributed by atoms with E-state index in [0.29, 0.717) is 13.1 Å². The number of rotatable bonds is 4. The molecule has 0 spiro atoms. The summed E-state index contributed by atoms with van der Waals surface area (Å²) in [5, 5.41) is 0. The largest absolute Gasteiger partial charge is 0.497 e. The van der Waals surface area contributed by atoms with Gasteiger partial charge in [-0.05, 0) is 52.9 Å². The van der Waals surface area contributed by atoms with Gasteiger partial charge in [-0.25, -0.2) is 0 Å². The Morgan fingerprint density at radius 3 is 2.65 bits per heavy atom. The molecule has 0 fully saturated rings. The van der Waals surface area contributed by atoms with Crippen molar-refractivity contribution < 1.29 is 19.0 Å². The Labute approximate surface area is 181 Å². The third-order valence-electron chi connectivity index (χ3n) is 5.77. The Kier molecular flexibility index (Phi) is 5.08. The van der Waals surface area contributed by atoms with Gasteiger partial charge in [-0.3, -0.25) is 4.79 Å². The number of carbonyl (C=O) groups excluding carboxylic acids is 1. The van der Waals surface area contributed by atoms with Crippen molar-refractivity contribution in [3.8, 4) is 28.4 Å². The first-order valence-corrected chi connectivity index (χ1v) is 10.3. The number of methoxy groups -OCH3 is 1. The number of hydrogen-bond acceptors (Lipinski definition) is 4. The van der Waals surface area contributed by atoms with Crippen molar-refractivity contribution in [2.75, 3.05) is 20.4 Å². The number of amides is 1. The molecule has 0 N–H and O–H groups in total. The summed E-state index contributed by atoms with van der Waals surface area (Å²) in [6.07, 6.45) is 4.29. The van der Waals surface area contributed by atoms with Crippen LogP contribution in [0, 0.1) is 0 Å². The number of nitrogens with zero attached hydrogens (tertiary/aromatic N) is 1. The quantitative estimate of drug-likeness (QED) is 0.583. The lowest BCUT2D eigenvalue weighted by Gasteiger charge is -2.30. The first-order valence-electron chi connectivity index (χ1n) is 10.3. The smallest absolute Gasteiger partial charge is 0.246 e. The van der Waals surface area contributed by atoms with E-state index >= 15 is 0 Å². The SMILES string of the molecule is COc1ccc(-c2c3c(cc4c2OCO4)CCN(C(=O)/C=C/c2ccccc2)C3)cc1. The number of carbonyl (C=O) groups is 1. The van der Waals surface area contributed by atoms with Crippen molar-refractivity contribution in [1.82, 2.24) is 4.90 Å². The Hall–Kier alpha value is -3.73. The maximum Gasteiger partial charge on any atom is 0.246 e. The maximum absolute atomic E-state index is 12.9. The summed E-state index contributed by atoms with van der Waals surface area (Å²) < 4.78 is 16.8. The van der Waals surface area contributed by atoms with Gasteiger partial charge in [0.05, 0.1) is 7.11 Å². The number of ether oxygens (including phenoxy) is 3. The van der Waals surface area contributed by atoms with Crippen LogP contribution in [-0.4, -0.2) is 31.3 Å². The molecule has 5 nitrogen and oxygen atoms in total. The Morgan fingerprint density at radius 1 is 1.06 bits per heavy atom. The van der Waals surface area contributed by atoms with Crippen molar-refractivity contribution in [3.63, 3.8) is 0 Å². The fourth-order valence-electron chi connectivity index (χ4n) is 4.15. The van der Waals surface area contributed by atoms with Gasteiger partial charge in [0.1, 0.15) is 5.75 Å². The third kappa shape index (κ3) is 3.75. The van der Waals surface area contributed by atoms with Gasteiger partial charge >= 0.3 is 0 Å². The minimum absolute atomic E-state index is 0.00727. The van der Waals surface area contributed by atoms with Crippen LogP contribution < -0.4 is 14.2 Å². The van der Waals surface area contributed by atoms with Crippen LogP contribution in [0.4, 0.5) is 0 Å². The zero-order chi connectivity index (χ0) is 21.2. The first-order chi connectivity index (χ1) is 15.2. The van der Waals surface area contributed by atoms with Crippen LogP contribution in [0.5, 0.6) is 17.2 Å². The van der Waals surface area contributed by atoms with E-state index in [1.54, 1.807) is 13.2 Å². The molecular weight excluding hydrogens is 390 g/mol. The molecule has 0 saturated carbocycles. The molecule has 0 aromatic heterocycles. The molecule has 31 heavy (non-hydrogen) atoms. The molecule has 5 heteroatoms.